The Morgan fingerprint density at radius 2 is 2.50 bits per heavy atom. The van der Waals surface area contributed by atoms with E-state index >= 15 is 0 Å². The van der Waals surface area contributed by atoms with E-state index in [-0.39, 0.29) is 5.82 Å². The average Bonchev–Trinajstić information content (AvgIpc) is 2.12. The SMILES string of the molecule is O=[N+]([O-])C1=CC=CCC=N1. The zero-order valence-electron chi connectivity index (χ0n) is 5.23. The third kappa shape index (κ3) is 1.51. The molecule has 0 aromatic rings. The topological polar surface area (TPSA) is 55.5 Å². The minimum absolute atomic E-state index is 0.103. The molecule has 4 nitrogen and oxygen atoms in total. The molecule has 52 valence electrons. The van der Waals surface area contributed by atoms with Crippen LogP contribution in [0, 0.1) is 10.1 Å². The summed E-state index contributed by atoms with van der Waals surface area (Å²) in [4.78, 5) is 13.2. The van der Waals surface area contributed by atoms with Crippen molar-refractivity contribution in [3.63, 3.8) is 0 Å². The van der Waals surface area contributed by atoms with Gasteiger partial charge in [-0.1, -0.05) is 17.1 Å². The molecule has 0 saturated carbocycles. The van der Waals surface area contributed by atoms with Crippen LogP contribution in [0.2, 0.25) is 0 Å². The van der Waals surface area contributed by atoms with Gasteiger partial charge in [-0.3, -0.25) is 0 Å². The number of nitro groups is 1. The molecular formula is C6H6N2O2. The van der Waals surface area contributed by atoms with E-state index in [1.807, 2.05) is 0 Å². The van der Waals surface area contributed by atoms with Crippen molar-refractivity contribution in [3.05, 3.63) is 34.2 Å². The first-order valence-electron chi connectivity index (χ1n) is 2.84. The lowest BCUT2D eigenvalue weighted by Crippen LogP contribution is -1.94. The maximum Gasteiger partial charge on any atom is 0.363 e. The van der Waals surface area contributed by atoms with Crippen molar-refractivity contribution < 1.29 is 4.92 Å². The van der Waals surface area contributed by atoms with Gasteiger partial charge in [-0.05, 0) is 4.92 Å². The zero-order chi connectivity index (χ0) is 7.40. The van der Waals surface area contributed by atoms with E-state index in [0.717, 1.165) is 0 Å². The van der Waals surface area contributed by atoms with Crippen molar-refractivity contribution in [1.29, 1.82) is 0 Å². The summed E-state index contributed by atoms with van der Waals surface area (Å²) in [5.74, 6) is -0.103. The Kier molecular flexibility index (Phi) is 1.94. The van der Waals surface area contributed by atoms with Gasteiger partial charge < -0.3 is 10.1 Å². The lowest BCUT2D eigenvalue weighted by atomic mass is 10.4. The molecule has 1 aliphatic heterocycles. The van der Waals surface area contributed by atoms with Crippen LogP contribution in [0.5, 0.6) is 0 Å². The Balaban J connectivity index is 2.83. The predicted molar refractivity (Wildman–Crippen MR) is 37.3 cm³/mol. The number of allylic oxidation sites excluding steroid dienone is 3. The average molecular weight is 138 g/mol. The molecule has 0 aliphatic carbocycles. The third-order valence-electron chi connectivity index (χ3n) is 1.03. The summed E-state index contributed by atoms with van der Waals surface area (Å²) in [7, 11) is 0. The fraction of sp³-hybridized carbons (Fsp3) is 0.167. The van der Waals surface area contributed by atoms with Gasteiger partial charge in [0.1, 0.15) is 6.21 Å². The van der Waals surface area contributed by atoms with E-state index in [2.05, 4.69) is 4.99 Å². The highest BCUT2D eigenvalue weighted by Crippen LogP contribution is 2.00. The van der Waals surface area contributed by atoms with Gasteiger partial charge in [0.15, 0.2) is 0 Å². The van der Waals surface area contributed by atoms with Crippen LogP contribution in [0.4, 0.5) is 0 Å². The van der Waals surface area contributed by atoms with E-state index < -0.39 is 4.92 Å². The molecule has 0 bridgehead atoms. The largest absolute Gasteiger partial charge is 0.363 e. The predicted octanol–water partition coefficient (Wildman–Crippen LogP) is 1.14. The van der Waals surface area contributed by atoms with Crippen molar-refractivity contribution in [1.82, 2.24) is 0 Å². The smallest absolute Gasteiger partial charge is 0.358 e. The molecular weight excluding hydrogens is 132 g/mol. The molecule has 0 atom stereocenters. The normalized spacial score (nSPS) is 16.2. The summed E-state index contributed by atoms with van der Waals surface area (Å²) in [5.41, 5.74) is 0. The van der Waals surface area contributed by atoms with Crippen LogP contribution in [0.3, 0.4) is 0 Å². The number of hydrogen-bond donors (Lipinski definition) is 0. The van der Waals surface area contributed by atoms with Crippen LogP contribution in [0.15, 0.2) is 29.0 Å². The van der Waals surface area contributed by atoms with E-state index in [9.17, 15) is 10.1 Å². The number of hydrogen-bond acceptors (Lipinski definition) is 3. The van der Waals surface area contributed by atoms with Gasteiger partial charge in [-0.25, -0.2) is 0 Å². The van der Waals surface area contributed by atoms with Crippen LogP contribution in [0.25, 0.3) is 0 Å². The molecule has 1 heterocycles. The van der Waals surface area contributed by atoms with Crippen LogP contribution in [-0.2, 0) is 0 Å². The fourth-order valence-electron chi connectivity index (χ4n) is 0.591. The van der Waals surface area contributed by atoms with Crippen molar-refractivity contribution in [2.45, 2.75) is 6.42 Å². The molecule has 0 fully saturated rings. The standard InChI is InChI=1S/C6H6N2O2/c9-8(10)6-4-2-1-3-5-7-6/h1-2,4-5H,3H2. The second kappa shape index (κ2) is 2.91. The maximum atomic E-state index is 10.1. The molecule has 0 unspecified atom stereocenters. The molecule has 10 heavy (non-hydrogen) atoms. The molecule has 0 aromatic heterocycles. The van der Waals surface area contributed by atoms with Crippen molar-refractivity contribution in [2.75, 3.05) is 0 Å². The molecule has 0 aromatic carbocycles. The quantitative estimate of drug-likeness (QED) is 0.403. The summed E-state index contributed by atoms with van der Waals surface area (Å²) in [6, 6.07) is 0. The van der Waals surface area contributed by atoms with E-state index in [0.29, 0.717) is 6.42 Å². The van der Waals surface area contributed by atoms with Crippen LogP contribution in [-0.4, -0.2) is 11.1 Å². The molecule has 0 radical (unpaired) electrons. The highest BCUT2D eigenvalue weighted by Gasteiger charge is 2.05. The lowest BCUT2D eigenvalue weighted by molar-refractivity contribution is -0.425. The minimum Gasteiger partial charge on any atom is -0.358 e. The van der Waals surface area contributed by atoms with Gasteiger partial charge in [0.25, 0.3) is 0 Å². The zero-order valence-corrected chi connectivity index (χ0v) is 5.23. The molecule has 4 heteroatoms. The molecule has 0 N–H and O–H groups in total. The third-order valence-corrected chi connectivity index (χ3v) is 1.03. The number of rotatable bonds is 1. The van der Waals surface area contributed by atoms with Gasteiger partial charge in [-0.2, -0.15) is 0 Å². The number of aliphatic imine (C=N–C) groups is 1. The van der Waals surface area contributed by atoms with E-state index in [1.165, 1.54) is 12.3 Å². The first kappa shape index (κ1) is 6.67. The first-order chi connectivity index (χ1) is 4.80. The molecule has 0 amide bonds. The summed E-state index contributed by atoms with van der Waals surface area (Å²) in [6.07, 6.45) is 6.99. The van der Waals surface area contributed by atoms with Crippen LogP contribution < -0.4 is 0 Å². The Labute approximate surface area is 57.7 Å². The second-order valence-corrected chi connectivity index (χ2v) is 1.76. The Hall–Kier alpha value is -1.45. The lowest BCUT2D eigenvalue weighted by Gasteiger charge is -1.87. The summed E-state index contributed by atoms with van der Waals surface area (Å²) in [6.45, 7) is 0. The molecule has 0 saturated heterocycles. The van der Waals surface area contributed by atoms with E-state index in [1.54, 1.807) is 12.2 Å². The summed E-state index contributed by atoms with van der Waals surface area (Å²) < 4.78 is 0. The Morgan fingerprint density at radius 3 is 3.20 bits per heavy atom. The highest BCUT2D eigenvalue weighted by molar-refractivity contribution is 5.61. The second-order valence-electron chi connectivity index (χ2n) is 1.76. The number of nitrogens with zero attached hydrogens (tertiary/aromatic N) is 2. The maximum absolute atomic E-state index is 10.1. The van der Waals surface area contributed by atoms with Crippen LogP contribution >= 0.6 is 0 Å². The Bertz CT molecular complexity index is 228. The van der Waals surface area contributed by atoms with Gasteiger partial charge in [0.05, 0.1) is 0 Å². The molecule has 0 spiro atoms. The fourth-order valence-corrected chi connectivity index (χ4v) is 0.591. The van der Waals surface area contributed by atoms with Crippen molar-refractivity contribution >= 4 is 6.21 Å². The summed E-state index contributed by atoms with van der Waals surface area (Å²) in [5, 5.41) is 10.1. The summed E-state index contributed by atoms with van der Waals surface area (Å²) >= 11 is 0. The molecule has 1 aliphatic rings. The monoisotopic (exact) mass is 138 g/mol. The van der Waals surface area contributed by atoms with Crippen LogP contribution in [0.1, 0.15) is 6.42 Å². The van der Waals surface area contributed by atoms with E-state index in [4.69, 9.17) is 0 Å². The highest BCUT2D eigenvalue weighted by atomic mass is 16.6. The Morgan fingerprint density at radius 1 is 1.70 bits per heavy atom. The molecule has 1 rings (SSSR count). The van der Waals surface area contributed by atoms with Gasteiger partial charge in [0, 0.05) is 12.5 Å². The van der Waals surface area contributed by atoms with Gasteiger partial charge >= 0.3 is 5.82 Å². The van der Waals surface area contributed by atoms with Crippen molar-refractivity contribution in [3.8, 4) is 0 Å². The van der Waals surface area contributed by atoms with Gasteiger partial charge in [0.2, 0.25) is 0 Å². The minimum atomic E-state index is -0.508. The van der Waals surface area contributed by atoms with Gasteiger partial charge in [-0.15, -0.1) is 0 Å². The van der Waals surface area contributed by atoms with Crippen molar-refractivity contribution in [2.24, 2.45) is 4.99 Å². The first-order valence-corrected chi connectivity index (χ1v) is 2.84.